The third-order valence-electron chi connectivity index (χ3n) is 1.73. The van der Waals surface area contributed by atoms with Gasteiger partial charge in [-0.2, -0.15) is 0 Å². The molecule has 0 radical (unpaired) electrons. The number of hydrogen-bond donors (Lipinski definition) is 1. The molecule has 0 amide bonds. The number of aryl methyl sites for hydroxylation is 1. The number of rotatable bonds is 0. The van der Waals surface area contributed by atoms with Gasteiger partial charge in [-0.3, -0.25) is 0 Å². The van der Waals surface area contributed by atoms with Gasteiger partial charge in [0.2, 0.25) is 0 Å². The van der Waals surface area contributed by atoms with Gasteiger partial charge in [-0.25, -0.2) is 4.98 Å². The van der Waals surface area contributed by atoms with Crippen LogP contribution in [-0.2, 0) is 0 Å². The van der Waals surface area contributed by atoms with Crippen molar-refractivity contribution in [3.05, 3.63) is 28.0 Å². The maximum absolute atomic E-state index is 5.98. The molecule has 0 aliphatic heterocycles. The molecule has 0 bridgehead atoms. The highest BCUT2D eigenvalue weighted by Gasteiger charge is 2.06. The Morgan fingerprint density at radius 3 is 2.92 bits per heavy atom. The fourth-order valence-corrected chi connectivity index (χ4v) is 1.49. The number of aromatic nitrogens is 2. The average molecular weight is 201 g/mol. The van der Waals surface area contributed by atoms with Crippen LogP contribution in [0.25, 0.3) is 11.0 Å². The first-order valence-electron chi connectivity index (χ1n) is 3.48. The van der Waals surface area contributed by atoms with Crippen molar-refractivity contribution < 1.29 is 0 Å². The highest BCUT2D eigenvalue weighted by atomic mass is 35.5. The van der Waals surface area contributed by atoms with Crippen LogP contribution >= 0.6 is 23.2 Å². The van der Waals surface area contributed by atoms with Gasteiger partial charge in [0.25, 0.3) is 0 Å². The van der Waals surface area contributed by atoms with Gasteiger partial charge in [0.1, 0.15) is 5.65 Å². The summed E-state index contributed by atoms with van der Waals surface area (Å²) in [5, 5.41) is 2.17. The zero-order valence-electron chi connectivity index (χ0n) is 6.36. The van der Waals surface area contributed by atoms with E-state index in [4.69, 9.17) is 23.2 Å². The Balaban J connectivity index is 2.88. The van der Waals surface area contributed by atoms with Crippen molar-refractivity contribution >= 4 is 34.2 Å². The highest BCUT2D eigenvalue weighted by Crippen LogP contribution is 2.27. The molecule has 0 aliphatic rings. The summed E-state index contributed by atoms with van der Waals surface area (Å²) in [4.78, 5) is 7.14. The van der Waals surface area contributed by atoms with E-state index in [0.29, 0.717) is 10.0 Å². The average Bonchev–Trinajstić information content (AvgIpc) is 2.31. The molecule has 4 heteroatoms. The monoisotopic (exact) mass is 200 g/mol. The number of pyridine rings is 1. The van der Waals surface area contributed by atoms with E-state index >= 15 is 0 Å². The van der Waals surface area contributed by atoms with Crippen LogP contribution in [0.15, 0.2) is 12.3 Å². The molecule has 1 N–H and O–H groups in total. The SMILES string of the molecule is Cc1[nH]c2ncc(Cl)cc2c1Cl. The molecule has 2 aromatic heterocycles. The third kappa shape index (κ3) is 1.08. The predicted octanol–water partition coefficient (Wildman–Crippen LogP) is 3.18. The number of aromatic amines is 1. The molecule has 2 nitrogen and oxygen atoms in total. The Labute approximate surface area is 79.5 Å². The van der Waals surface area contributed by atoms with E-state index < -0.39 is 0 Å². The molecule has 0 fully saturated rings. The molecule has 0 saturated heterocycles. The Bertz CT molecular complexity index is 434. The minimum absolute atomic E-state index is 0.600. The molecule has 2 aromatic rings. The van der Waals surface area contributed by atoms with Crippen LogP contribution in [0.3, 0.4) is 0 Å². The first-order chi connectivity index (χ1) is 5.68. The zero-order chi connectivity index (χ0) is 8.72. The normalized spacial score (nSPS) is 10.9. The molecular weight excluding hydrogens is 195 g/mol. The smallest absolute Gasteiger partial charge is 0.139 e. The van der Waals surface area contributed by atoms with Gasteiger partial charge in [-0.1, -0.05) is 23.2 Å². The molecule has 62 valence electrons. The van der Waals surface area contributed by atoms with E-state index in [1.807, 2.05) is 6.92 Å². The number of halogens is 2. The van der Waals surface area contributed by atoms with Gasteiger partial charge in [0, 0.05) is 17.3 Å². The maximum atomic E-state index is 5.98. The molecule has 0 atom stereocenters. The summed E-state index contributed by atoms with van der Waals surface area (Å²) in [6.07, 6.45) is 1.59. The number of hydrogen-bond acceptors (Lipinski definition) is 1. The van der Waals surface area contributed by atoms with Crippen LogP contribution in [0.4, 0.5) is 0 Å². The van der Waals surface area contributed by atoms with Crippen molar-refractivity contribution in [1.29, 1.82) is 0 Å². The highest BCUT2D eigenvalue weighted by molar-refractivity contribution is 6.37. The van der Waals surface area contributed by atoms with Crippen LogP contribution < -0.4 is 0 Å². The van der Waals surface area contributed by atoms with E-state index in [-0.39, 0.29) is 0 Å². The minimum atomic E-state index is 0.600. The molecule has 0 aliphatic carbocycles. The van der Waals surface area contributed by atoms with E-state index in [1.54, 1.807) is 12.3 Å². The Kier molecular flexibility index (Phi) is 1.74. The lowest BCUT2D eigenvalue weighted by Gasteiger charge is -1.89. The molecule has 0 spiro atoms. The van der Waals surface area contributed by atoms with E-state index in [2.05, 4.69) is 9.97 Å². The number of nitrogens with zero attached hydrogens (tertiary/aromatic N) is 1. The quantitative estimate of drug-likeness (QED) is 0.696. The van der Waals surface area contributed by atoms with Crippen molar-refractivity contribution in [3.63, 3.8) is 0 Å². The number of nitrogens with one attached hydrogen (secondary N) is 1. The fraction of sp³-hybridized carbons (Fsp3) is 0.125. The standard InChI is InChI=1S/C8H6Cl2N2/c1-4-7(10)6-2-5(9)3-11-8(6)12-4/h2-3H,1H3,(H,11,12). The lowest BCUT2D eigenvalue weighted by Crippen LogP contribution is -1.74. The van der Waals surface area contributed by atoms with Gasteiger partial charge >= 0.3 is 0 Å². The second kappa shape index (κ2) is 2.64. The molecule has 12 heavy (non-hydrogen) atoms. The van der Waals surface area contributed by atoms with E-state index in [1.165, 1.54) is 0 Å². The molecule has 0 saturated carbocycles. The Hall–Kier alpha value is -0.730. The Morgan fingerprint density at radius 2 is 2.17 bits per heavy atom. The van der Waals surface area contributed by atoms with Crippen molar-refractivity contribution in [3.8, 4) is 0 Å². The van der Waals surface area contributed by atoms with E-state index in [9.17, 15) is 0 Å². The van der Waals surface area contributed by atoms with Crippen LogP contribution in [0.1, 0.15) is 5.69 Å². The third-order valence-corrected chi connectivity index (χ3v) is 2.42. The van der Waals surface area contributed by atoms with Crippen molar-refractivity contribution in [2.24, 2.45) is 0 Å². The molecular formula is C8H6Cl2N2. The summed E-state index contributed by atoms with van der Waals surface area (Å²) in [7, 11) is 0. The van der Waals surface area contributed by atoms with E-state index in [0.717, 1.165) is 16.7 Å². The molecule has 0 unspecified atom stereocenters. The molecule has 2 heterocycles. The van der Waals surface area contributed by atoms with Gasteiger partial charge in [0.15, 0.2) is 0 Å². The zero-order valence-corrected chi connectivity index (χ0v) is 7.87. The van der Waals surface area contributed by atoms with Gasteiger partial charge < -0.3 is 4.98 Å². The Morgan fingerprint density at radius 1 is 1.42 bits per heavy atom. The van der Waals surface area contributed by atoms with Crippen LogP contribution in [-0.4, -0.2) is 9.97 Å². The summed E-state index contributed by atoms with van der Waals surface area (Å²) >= 11 is 11.7. The predicted molar refractivity (Wildman–Crippen MR) is 50.9 cm³/mol. The van der Waals surface area contributed by atoms with Crippen molar-refractivity contribution in [1.82, 2.24) is 9.97 Å². The minimum Gasteiger partial charge on any atom is -0.342 e. The number of H-pyrrole nitrogens is 1. The summed E-state index contributed by atoms with van der Waals surface area (Å²) in [6.45, 7) is 1.90. The van der Waals surface area contributed by atoms with Crippen molar-refractivity contribution in [2.45, 2.75) is 6.92 Å². The van der Waals surface area contributed by atoms with Crippen molar-refractivity contribution in [2.75, 3.05) is 0 Å². The van der Waals surface area contributed by atoms with Crippen LogP contribution in [0.5, 0.6) is 0 Å². The van der Waals surface area contributed by atoms with Gasteiger partial charge in [0.05, 0.1) is 10.0 Å². The maximum Gasteiger partial charge on any atom is 0.139 e. The first kappa shape index (κ1) is 7.90. The van der Waals surface area contributed by atoms with Crippen LogP contribution in [0.2, 0.25) is 10.0 Å². The summed E-state index contributed by atoms with van der Waals surface area (Å²) in [5.41, 5.74) is 1.70. The number of fused-ring (bicyclic) bond motifs is 1. The topological polar surface area (TPSA) is 28.7 Å². The molecule has 2 rings (SSSR count). The second-order valence-corrected chi connectivity index (χ2v) is 3.43. The van der Waals surface area contributed by atoms with Gasteiger partial charge in [-0.15, -0.1) is 0 Å². The summed E-state index contributed by atoms with van der Waals surface area (Å²) < 4.78 is 0. The summed E-state index contributed by atoms with van der Waals surface area (Å²) in [5.74, 6) is 0. The lowest BCUT2D eigenvalue weighted by atomic mass is 10.3. The first-order valence-corrected chi connectivity index (χ1v) is 4.23. The largest absolute Gasteiger partial charge is 0.342 e. The summed E-state index contributed by atoms with van der Waals surface area (Å²) in [6, 6.07) is 1.80. The lowest BCUT2D eigenvalue weighted by molar-refractivity contribution is 1.25. The van der Waals surface area contributed by atoms with Crippen LogP contribution in [0, 0.1) is 6.92 Å². The second-order valence-electron chi connectivity index (χ2n) is 2.61. The fourth-order valence-electron chi connectivity index (χ4n) is 1.14. The van der Waals surface area contributed by atoms with Gasteiger partial charge in [-0.05, 0) is 13.0 Å². The molecule has 0 aromatic carbocycles.